The van der Waals surface area contributed by atoms with Crippen LogP contribution >= 0.6 is 11.3 Å². The van der Waals surface area contributed by atoms with Crippen LogP contribution in [0.5, 0.6) is 0 Å². The van der Waals surface area contributed by atoms with Crippen molar-refractivity contribution in [2.75, 3.05) is 0 Å². The molecule has 1 N–H and O–H groups in total. The monoisotopic (exact) mass is 197 g/mol. The van der Waals surface area contributed by atoms with Crippen molar-refractivity contribution < 1.29 is 9.90 Å². The second kappa shape index (κ2) is 4.49. The lowest BCUT2D eigenvalue weighted by Crippen LogP contribution is -2.01. The number of carbonyl (C=O) groups is 1. The summed E-state index contributed by atoms with van der Waals surface area (Å²) >= 11 is 1.38. The van der Waals surface area contributed by atoms with E-state index in [1.807, 2.05) is 5.38 Å². The first-order valence-corrected chi connectivity index (χ1v) is 4.41. The van der Waals surface area contributed by atoms with E-state index < -0.39 is 12.0 Å². The minimum Gasteiger partial charge on any atom is -0.481 e. The molecule has 1 aromatic rings. The second-order valence-corrected chi connectivity index (χ2v) is 3.31. The van der Waals surface area contributed by atoms with Gasteiger partial charge in [-0.05, 0) is 17.0 Å². The Morgan fingerprint density at radius 3 is 3.08 bits per heavy atom. The van der Waals surface area contributed by atoms with E-state index in [-0.39, 0.29) is 6.42 Å². The predicted molar refractivity (Wildman–Crippen MR) is 48.5 cm³/mol. The number of thiophene rings is 1. The molecule has 1 aromatic heterocycles. The van der Waals surface area contributed by atoms with Gasteiger partial charge in [0.2, 0.25) is 0 Å². The highest BCUT2D eigenvalue weighted by Gasteiger charge is 2.14. The molecule has 68 valence electrons. The van der Waals surface area contributed by atoms with E-state index in [0.29, 0.717) is 0 Å². The molecule has 1 atom stereocenters. The molecule has 13 heavy (non-hydrogen) atoms. The van der Waals surface area contributed by atoms with E-state index >= 15 is 0 Å². The van der Waals surface area contributed by atoms with Crippen molar-refractivity contribution in [3.63, 3.8) is 0 Å². The first-order chi connectivity index (χ1) is 6.24. The molecule has 0 aliphatic heterocycles. The maximum absolute atomic E-state index is 10.4. The molecule has 0 amide bonds. The molecule has 0 aliphatic rings. The van der Waals surface area contributed by atoms with Gasteiger partial charge in [0, 0.05) is 9.79 Å². The van der Waals surface area contributed by atoms with Crippen LogP contribution in [0.3, 0.4) is 0 Å². The Balaban J connectivity index is 2.80. The number of carboxylic acid groups (broad SMARTS) is 1. The van der Waals surface area contributed by atoms with Crippen molar-refractivity contribution in [3.05, 3.63) is 32.8 Å². The van der Waals surface area contributed by atoms with E-state index in [4.69, 9.17) is 10.6 Å². The molecule has 1 unspecified atom stereocenters. The first kappa shape index (κ1) is 9.57. The van der Waals surface area contributed by atoms with Crippen LogP contribution in [-0.4, -0.2) is 11.1 Å². The highest BCUT2D eigenvalue weighted by Crippen LogP contribution is 2.25. The third kappa shape index (κ3) is 2.77. The fourth-order valence-corrected chi connectivity index (χ4v) is 1.67. The van der Waals surface area contributed by atoms with Gasteiger partial charge in [-0.15, -0.1) is 11.3 Å². The van der Waals surface area contributed by atoms with Crippen molar-refractivity contribution in [2.24, 2.45) is 5.11 Å². The highest BCUT2D eigenvalue weighted by molar-refractivity contribution is 7.10. The minimum absolute atomic E-state index is 0.162. The lowest BCUT2D eigenvalue weighted by atomic mass is 10.2. The summed E-state index contributed by atoms with van der Waals surface area (Å²) in [6.07, 6.45) is -0.162. The van der Waals surface area contributed by atoms with Crippen LogP contribution in [0.2, 0.25) is 0 Å². The van der Waals surface area contributed by atoms with Crippen LogP contribution < -0.4 is 0 Å². The van der Waals surface area contributed by atoms with Gasteiger partial charge in [-0.25, -0.2) is 0 Å². The zero-order valence-electron chi connectivity index (χ0n) is 6.62. The Hall–Kier alpha value is -1.52. The van der Waals surface area contributed by atoms with Crippen LogP contribution in [0.15, 0.2) is 22.6 Å². The van der Waals surface area contributed by atoms with Gasteiger partial charge in [-0.1, -0.05) is 11.2 Å². The Kier molecular flexibility index (Phi) is 3.31. The second-order valence-electron chi connectivity index (χ2n) is 2.33. The molecule has 0 spiro atoms. The summed E-state index contributed by atoms with van der Waals surface area (Å²) in [6, 6.07) is 2.97. The van der Waals surface area contributed by atoms with Gasteiger partial charge in [-0.2, -0.15) is 0 Å². The Morgan fingerprint density at radius 2 is 2.62 bits per heavy atom. The summed E-state index contributed by atoms with van der Waals surface area (Å²) in [5.41, 5.74) is 8.22. The van der Waals surface area contributed by atoms with Crippen LogP contribution in [0.1, 0.15) is 17.3 Å². The molecule has 0 radical (unpaired) electrons. The number of azide groups is 1. The van der Waals surface area contributed by atoms with Gasteiger partial charge < -0.3 is 5.11 Å². The maximum Gasteiger partial charge on any atom is 0.304 e. The molecular weight excluding hydrogens is 190 g/mol. The lowest BCUT2D eigenvalue weighted by Gasteiger charge is -2.03. The Bertz CT molecular complexity index is 330. The predicted octanol–water partition coefficient (Wildman–Crippen LogP) is 2.57. The zero-order valence-corrected chi connectivity index (χ0v) is 7.44. The maximum atomic E-state index is 10.4. The van der Waals surface area contributed by atoms with E-state index in [9.17, 15) is 4.79 Å². The third-order valence-corrected chi connectivity index (χ3v) is 2.40. The summed E-state index contributed by atoms with van der Waals surface area (Å²) < 4.78 is 0. The number of hydrogen-bond acceptors (Lipinski definition) is 3. The molecule has 0 aliphatic carbocycles. The molecule has 0 saturated heterocycles. The standard InChI is InChI=1S/C7H7N3O2S/c8-10-9-5(4-7(11)12)6-2-1-3-13-6/h1-3,5H,4H2,(H,11,12). The summed E-state index contributed by atoms with van der Waals surface area (Å²) in [5, 5.41) is 13.8. The van der Waals surface area contributed by atoms with Gasteiger partial charge in [-0.3, -0.25) is 4.79 Å². The summed E-state index contributed by atoms with van der Waals surface area (Å²) in [6.45, 7) is 0. The third-order valence-electron chi connectivity index (χ3n) is 1.43. The molecular formula is C7H7N3O2S. The summed E-state index contributed by atoms with van der Waals surface area (Å²) in [4.78, 5) is 13.8. The quantitative estimate of drug-likeness (QED) is 0.457. The molecule has 0 bridgehead atoms. The van der Waals surface area contributed by atoms with Crippen molar-refractivity contribution >= 4 is 17.3 Å². The van der Waals surface area contributed by atoms with Crippen molar-refractivity contribution in [3.8, 4) is 0 Å². The molecule has 1 heterocycles. The van der Waals surface area contributed by atoms with Crippen molar-refractivity contribution in [1.29, 1.82) is 0 Å². The number of rotatable bonds is 4. The topological polar surface area (TPSA) is 86.1 Å². The lowest BCUT2D eigenvalue weighted by molar-refractivity contribution is -0.137. The molecule has 0 aromatic carbocycles. The van der Waals surface area contributed by atoms with Crippen molar-refractivity contribution in [1.82, 2.24) is 0 Å². The Labute approximate surface area is 78.3 Å². The summed E-state index contributed by atoms with van der Waals surface area (Å²) in [7, 11) is 0. The number of carboxylic acids is 1. The summed E-state index contributed by atoms with van der Waals surface area (Å²) in [5.74, 6) is -0.967. The van der Waals surface area contributed by atoms with Crippen LogP contribution in [0.25, 0.3) is 10.4 Å². The minimum atomic E-state index is -0.967. The van der Waals surface area contributed by atoms with Crippen LogP contribution in [0.4, 0.5) is 0 Å². The van der Waals surface area contributed by atoms with Gasteiger partial charge in [0.25, 0.3) is 0 Å². The highest BCUT2D eigenvalue weighted by atomic mass is 32.1. The largest absolute Gasteiger partial charge is 0.481 e. The van der Waals surface area contributed by atoms with E-state index in [1.54, 1.807) is 12.1 Å². The first-order valence-electron chi connectivity index (χ1n) is 3.53. The van der Waals surface area contributed by atoms with E-state index in [1.165, 1.54) is 11.3 Å². The SMILES string of the molecule is [N-]=[N+]=NC(CC(=O)O)c1cccs1. The fourth-order valence-electron chi connectivity index (χ4n) is 0.907. The molecule has 0 fully saturated rings. The fraction of sp³-hybridized carbons (Fsp3) is 0.286. The number of aliphatic carboxylic acids is 1. The van der Waals surface area contributed by atoms with E-state index in [2.05, 4.69) is 10.0 Å². The zero-order chi connectivity index (χ0) is 9.68. The number of hydrogen-bond donors (Lipinski definition) is 1. The van der Waals surface area contributed by atoms with Gasteiger partial charge in [0.05, 0.1) is 12.5 Å². The van der Waals surface area contributed by atoms with Gasteiger partial charge in [0.15, 0.2) is 0 Å². The molecule has 0 saturated carbocycles. The van der Waals surface area contributed by atoms with Crippen LogP contribution in [-0.2, 0) is 4.79 Å². The molecule has 1 rings (SSSR count). The van der Waals surface area contributed by atoms with Crippen LogP contribution in [0, 0.1) is 0 Å². The van der Waals surface area contributed by atoms with Gasteiger partial charge >= 0.3 is 5.97 Å². The number of nitrogens with zero attached hydrogens (tertiary/aromatic N) is 3. The smallest absolute Gasteiger partial charge is 0.304 e. The average Bonchev–Trinajstić information content (AvgIpc) is 2.54. The van der Waals surface area contributed by atoms with Crippen molar-refractivity contribution in [2.45, 2.75) is 12.5 Å². The molecule has 6 heteroatoms. The van der Waals surface area contributed by atoms with Gasteiger partial charge in [0.1, 0.15) is 0 Å². The molecule has 5 nitrogen and oxygen atoms in total. The Morgan fingerprint density at radius 1 is 1.85 bits per heavy atom. The average molecular weight is 197 g/mol. The normalized spacial score (nSPS) is 11.7. The van der Waals surface area contributed by atoms with E-state index in [0.717, 1.165) is 4.88 Å².